The standard InChI is InChI=1S/C33H42N2O6/c1-37-18-5-16-35-17-19-38-32-13-8-25(20-31(32)35)22-41-33-21-34-15-14-30(33)26-9-11-29(12-10-26)40-24-27(36)23-39-28-6-3-2-4-7-28/h2-4,6-13,20,27,30,33-34,36H,5,14-19,21-24H2,1H3/t27-,30?,33?/m1/s1. The van der Waals surface area contributed by atoms with Crippen LogP contribution < -0.4 is 24.4 Å². The van der Waals surface area contributed by atoms with Gasteiger partial charge in [-0.1, -0.05) is 36.4 Å². The van der Waals surface area contributed by atoms with Gasteiger partial charge in [-0.15, -0.1) is 0 Å². The number of ether oxygens (including phenoxy) is 5. The van der Waals surface area contributed by atoms with Crippen LogP contribution >= 0.6 is 0 Å². The third kappa shape index (κ3) is 8.36. The summed E-state index contributed by atoms with van der Waals surface area (Å²) in [7, 11) is 1.74. The normalized spacial score (nSPS) is 19.2. The minimum absolute atomic E-state index is 0.0672. The second-order valence-electron chi connectivity index (χ2n) is 10.6. The Morgan fingerprint density at radius 3 is 2.56 bits per heavy atom. The van der Waals surface area contributed by atoms with Crippen molar-refractivity contribution >= 4 is 5.69 Å². The summed E-state index contributed by atoms with van der Waals surface area (Å²) in [6, 6.07) is 24.0. The van der Waals surface area contributed by atoms with Crippen LogP contribution in [-0.4, -0.2) is 77.0 Å². The topological polar surface area (TPSA) is 81.7 Å². The van der Waals surface area contributed by atoms with E-state index in [2.05, 4.69) is 40.5 Å². The predicted octanol–water partition coefficient (Wildman–Crippen LogP) is 4.40. The number of anilines is 1. The first-order valence-corrected chi connectivity index (χ1v) is 14.6. The molecular weight excluding hydrogens is 520 g/mol. The molecule has 8 nitrogen and oxygen atoms in total. The van der Waals surface area contributed by atoms with E-state index in [1.54, 1.807) is 7.11 Å². The quantitative estimate of drug-likeness (QED) is 0.280. The molecule has 0 saturated carbocycles. The van der Waals surface area contributed by atoms with Crippen LogP contribution in [0, 0.1) is 0 Å². The van der Waals surface area contributed by atoms with Crippen molar-refractivity contribution in [3.05, 3.63) is 83.9 Å². The number of hydrogen-bond donors (Lipinski definition) is 2. The summed E-state index contributed by atoms with van der Waals surface area (Å²) < 4.78 is 29.1. The van der Waals surface area contributed by atoms with Crippen molar-refractivity contribution in [3.8, 4) is 17.2 Å². The van der Waals surface area contributed by atoms with Crippen LogP contribution in [-0.2, 0) is 16.1 Å². The highest BCUT2D eigenvalue weighted by Gasteiger charge is 2.27. The molecule has 2 aliphatic heterocycles. The van der Waals surface area contributed by atoms with Gasteiger partial charge in [0.15, 0.2) is 0 Å². The lowest BCUT2D eigenvalue weighted by Crippen LogP contribution is -2.41. The zero-order chi connectivity index (χ0) is 28.3. The number of para-hydroxylation sites is 1. The maximum absolute atomic E-state index is 10.3. The number of aliphatic hydroxyl groups excluding tert-OH is 1. The van der Waals surface area contributed by atoms with Crippen molar-refractivity contribution in [3.63, 3.8) is 0 Å². The smallest absolute Gasteiger partial charge is 0.142 e. The van der Waals surface area contributed by atoms with Crippen LogP contribution in [0.5, 0.6) is 17.2 Å². The molecule has 5 rings (SSSR count). The number of nitrogens with zero attached hydrogens (tertiary/aromatic N) is 1. The Morgan fingerprint density at radius 2 is 1.78 bits per heavy atom. The molecule has 3 atom stereocenters. The fraction of sp³-hybridized carbons (Fsp3) is 0.455. The van der Waals surface area contributed by atoms with Gasteiger partial charge in [0.05, 0.1) is 24.9 Å². The number of methoxy groups -OCH3 is 1. The SMILES string of the molecule is COCCCN1CCOc2ccc(COC3CNCCC3c3ccc(OC[C@H](O)COc4ccccc4)cc3)cc21. The molecule has 2 N–H and O–H groups in total. The summed E-state index contributed by atoms with van der Waals surface area (Å²) in [5.41, 5.74) is 3.52. The number of piperidine rings is 1. The lowest BCUT2D eigenvalue weighted by Gasteiger charge is -2.33. The maximum Gasteiger partial charge on any atom is 0.142 e. The van der Waals surface area contributed by atoms with Gasteiger partial charge < -0.3 is 39.0 Å². The summed E-state index contributed by atoms with van der Waals surface area (Å²) in [6.45, 7) is 5.96. The molecule has 220 valence electrons. The summed E-state index contributed by atoms with van der Waals surface area (Å²) in [6.07, 6.45) is 1.34. The summed E-state index contributed by atoms with van der Waals surface area (Å²) in [5, 5.41) is 13.8. The first-order chi connectivity index (χ1) is 20.2. The summed E-state index contributed by atoms with van der Waals surface area (Å²) in [5.74, 6) is 2.69. The molecule has 8 heteroatoms. The second-order valence-corrected chi connectivity index (χ2v) is 10.6. The van der Waals surface area contributed by atoms with Crippen molar-refractivity contribution in [1.29, 1.82) is 0 Å². The van der Waals surface area contributed by atoms with Gasteiger partial charge in [0.25, 0.3) is 0 Å². The van der Waals surface area contributed by atoms with Crippen LogP contribution in [0.15, 0.2) is 72.8 Å². The number of aliphatic hydroxyl groups is 1. The monoisotopic (exact) mass is 562 g/mol. The molecule has 0 bridgehead atoms. The lowest BCUT2D eigenvalue weighted by atomic mass is 9.87. The third-order valence-electron chi connectivity index (χ3n) is 7.59. The second kappa shape index (κ2) is 15.1. The fourth-order valence-corrected chi connectivity index (χ4v) is 5.39. The van der Waals surface area contributed by atoms with Crippen LogP contribution in [0.4, 0.5) is 5.69 Å². The molecule has 0 spiro atoms. The number of rotatable bonds is 14. The number of nitrogens with one attached hydrogen (secondary N) is 1. The van der Waals surface area contributed by atoms with Crippen molar-refractivity contribution in [2.45, 2.75) is 37.6 Å². The van der Waals surface area contributed by atoms with Gasteiger partial charge in [0.2, 0.25) is 0 Å². The molecule has 2 aliphatic rings. The van der Waals surface area contributed by atoms with Gasteiger partial charge >= 0.3 is 0 Å². The van der Waals surface area contributed by atoms with E-state index in [4.69, 9.17) is 23.7 Å². The maximum atomic E-state index is 10.3. The Hall–Kier alpha value is -3.30. The van der Waals surface area contributed by atoms with E-state index in [0.29, 0.717) is 19.1 Å². The number of benzene rings is 3. The van der Waals surface area contributed by atoms with Crippen molar-refractivity contribution < 1.29 is 28.8 Å². The van der Waals surface area contributed by atoms with E-state index in [0.717, 1.165) is 74.1 Å². The van der Waals surface area contributed by atoms with Crippen LogP contribution in [0.25, 0.3) is 0 Å². The zero-order valence-electron chi connectivity index (χ0n) is 23.9. The largest absolute Gasteiger partial charge is 0.491 e. The highest BCUT2D eigenvalue weighted by molar-refractivity contribution is 5.61. The van der Waals surface area contributed by atoms with Crippen molar-refractivity contribution in [1.82, 2.24) is 5.32 Å². The van der Waals surface area contributed by atoms with Gasteiger partial charge in [0.1, 0.15) is 43.2 Å². The van der Waals surface area contributed by atoms with E-state index in [1.165, 1.54) is 5.56 Å². The summed E-state index contributed by atoms with van der Waals surface area (Å²) >= 11 is 0. The summed E-state index contributed by atoms with van der Waals surface area (Å²) in [4.78, 5) is 2.38. The van der Waals surface area contributed by atoms with Gasteiger partial charge in [-0.25, -0.2) is 0 Å². The number of fused-ring (bicyclic) bond motifs is 1. The molecule has 2 unspecified atom stereocenters. The molecule has 0 aromatic heterocycles. The Labute approximate surface area is 243 Å². The molecule has 3 aromatic rings. The fourth-order valence-electron chi connectivity index (χ4n) is 5.39. The number of hydrogen-bond acceptors (Lipinski definition) is 8. The molecule has 3 aromatic carbocycles. The van der Waals surface area contributed by atoms with Gasteiger partial charge in [0, 0.05) is 32.7 Å². The van der Waals surface area contributed by atoms with Crippen molar-refractivity contribution in [2.75, 3.05) is 64.6 Å². The molecule has 1 fully saturated rings. The van der Waals surface area contributed by atoms with Crippen molar-refractivity contribution in [2.24, 2.45) is 0 Å². The van der Waals surface area contributed by atoms with Gasteiger partial charge in [-0.2, -0.15) is 0 Å². The Balaban J connectivity index is 1.13. The van der Waals surface area contributed by atoms with Crippen LogP contribution in [0.3, 0.4) is 0 Å². The highest BCUT2D eigenvalue weighted by Crippen LogP contribution is 2.34. The van der Waals surface area contributed by atoms with E-state index < -0.39 is 6.10 Å². The third-order valence-corrected chi connectivity index (χ3v) is 7.59. The predicted molar refractivity (Wildman–Crippen MR) is 159 cm³/mol. The van der Waals surface area contributed by atoms with E-state index >= 15 is 0 Å². The molecule has 0 radical (unpaired) electrons. The average molecular weight is 563 g/mol. The Kier molecular flexibility index (Phi) is 10.7. The molecule has 41 heavy (non-hydrogen) atoms. The average Bonchev–Trinajstić information content (AvgIpc) is 3.03. The minimum Gasteiger partial charge on any atom is -0.491 e. The van der Waals surface area contributed by atoms with Gasteiger partial charge in [-0.3, -0.25) is 0 Å². The van der Waals surface area contributed by atoms with E-state index in [9.17, 15) is 5.11 Å². The van der Waals surface area contributed by atoms with E-state index in [-0.39, 0.29) is 19.3 Å². The molecular formula is C33H42N2O6. The molecule has 0 aliphatic carbocycles. The minimum atomic E-state index is -0.718. The van der Waals surface area contributed by atoms with Crippen LogP contribution in [0.1, 0.15) is 29.9 Å². The van der Waals surface area contributed by atoms with E-state index in [1.807, 2.05) is 42.5 Å². The molecule has 2 heterocycles. The Morgan fingerprint density at radius 1 is 1.00 bits per heavy atom. The zero-order valence-corrected chi connectivity index (χ0v) is 23.9. The first-order valence-electron chi connectivity index (χ1n) is 14.6. The van der Waals surface area contributed by atoms with Gasteiger partial charge in [-0.05, 0) is 66.9 Å². The Bertz CT molecular complexity index is 1190. The first kappa shape index (κ1) is 29.2. The molecule has 1 saturated heterocycles. The highest BCUT2D eigenvalue weighted by atomic mass is 16.5. The lowest BCUT2D eigenvalue weighted by molar-refractivity contribution is 0.0106. The molecule has 0 amide bonds. The van der Waals surface area contributed by atoms with Crippen LogP contribution in [0.2, 0.25) is 0 Å².